The van der Waals surface area contributed by atoms with Gasteiger partial charge in [-0.2, -0.15) is 0 Å². The van der Waals surface area contributed by atoms with E-state index in [1.54, 1.807) is 0 Å². The molecule has 12 heteroatoms. The van der Waals surface area contributed by atoms with E-state index in [4.69, 9.17) is 85.6 Å². The van der Waals surface area contributed by atoms with Crippen molar-refractivity contribution in [1.29, 1.82) is 0 Å². The molecule has 9 aromatic carbocycles. The summed E-state index contributed by atoms with van der Waals surface area (Å²) in [4.78, 5) is 14.8. The average Bonchev–Trinajstić information content (AvgIpc) is 3.31. The summed E-state index contributed by atoms with van der Waals surface area (Å²) in [6.45, 7) is 0. The Bertz CT molecular complexity index is 3490. The number of nitrogens with zero attached hydrogens (tertiary/aromatic N) is 3. The van der Waals surface area contributed by atoms with Crippen LogP contribution < -0.4 is 49.2 Å². The van der Waals surface area contributed by atoms with Crippen molar-refractivity contribution in [3.05, 3.63) is 146 Å². The summed E-state index contributed by atoms with van der Waals surface area (Å²) in [6, 6.07) is 48.3. The highest BCUT2D eigenvalue weighted by molar-refractivity contribution is 6.69. The predicted octanol–water partition coefficient (Wildman–Crippen LogP) is 2.48. The number of fused-ring (bicyclic) bond motifs is 3. The Labute approximate surface area is 378 Å². The maximum absolute atomic E-state index is 7.12. The first kappa shape index (κ1) is 40.4. The Morgan fingerprint density at radius 3 is 1.38 bits per heavy atom. The van der Waals surface area contributed by atoms with Gasteiger partial charge in [0.2, 0.25) is 0 Å². The Hall–Kier alpha value is -6.65. The van der Waals surface area contributed by atoms with E-state index in [0.29, 0.717) is 28.3 Å². The van der Waals surface area contributed by atoms with Crippen LogP contribution in [0.5, 0.6) is 0 Å². The van der Waals surface area contributed by atoms with Gasteiger partial charge in [-0.3, -0.25) is 0 Å². The molecule has 0 amide bonds. The summed E-state index contributed by atoms with van der Waals surface area (Å²) < 4.78 is 0. The highest BCUT2D eigenvalue weighted by atomic mass is 15.0. The summed E-state index contributed by atoms with van der Waals surface area (Å²) in [5, 5.41) is 6.07. The second-order valence-electron chi connectivity index (χ2n) is 15.6. The van der Waals surface area contributed by atoms with Crippen molar-refractivity contribution in [3.63, 3.8) is 0 Å². The summed E-state index contributed by atoms with van der Waals surface area (Å²) in [6.07, 6.45) is 0. The van der Waals surface area contributed by atoms with E-state index in [1.165, 1.54) is 0 Å². The molecule has 0 aliphatic heterocycles. The van der Waals surface area contributed by atoms with Crippen LogP contribution in [0.2, 0.25) is 0 Å². The van der Waals surface area contributed by atoms with Crippen molar-refractivity contribution in [2.75, 3.05) is 0 Å². The number of benzene rings is 9. The van der Waals surface area contributed by atoms with E-state index >= 15 is 0 Å². The van der Waals surface area contributed by atoms with E-state index in [1.807, 2.05) is 103 Å². The van der Waals surface area contributed by atoms with Gasteiger partial charge in [-0.25, -0.2) is 15.0 Å². The fourth-order valence-electron chi connectivity index (χ4n) is 8.47. The van der Waals surface area contributed by atoms with Crippen LogP contribution in [-0.4, -0.2) is 85.6 Å². The summed E-state index contributed by atoms with van der Waals surface area (Å²) >= 11 is 0. The van der Waals surface area contributed by atoms with Crippen LogP contribution in [0.3, 0.4) is 0 Å². The molecule has 270 valence electrons. The van der Waals surface area contributed by atoms with Crippen LogP contribution in [0.15, 0.2) is 146 Å². The molecule has 0 fully saturated rings. The minimum atomic E-state index is 0.166. The normalized spacial score (nSPS) is 11.4. The number of hydrogen-bond acceptors (Lipinski definition) is 3. The largest absolute Gasteiger partial charge is 0.208 e. The summed E-state index contributed by atoms with van der Waals surface area (Å²) in [5.74, 6) is 1.17. The zero-order valence-corrected chi connectivity index (χ0v) is 33.9. The minimum Gasteiger partial charge on any atom is -0.208 e. The molecule has 1 heterocycles. The highest BCUT2D eigenvalue weighted by Gasteiger charge is 2.21. The lowest BCUT2D eigenvalue weighted by atomic mass is 9.59. The second-order valence-corrected chi connectivity index (χ2v) is 15.6. The molecular formula is C51H24B9N3. The number of hydrogen-bond donors (Lipinski definition) is 0. The van der Waals surface area contributed by atoms with Crippen molar-refractivity contribution < 1.29 is 0 Å². The van der Waals surface area contributed by atoms with E-state index in [9.17, 15) is 0 Å². The van der Waals surface area contributed by atoms with E-state index in [-0.39, 0.29) is 55.0 Å². The molecule has 0 saturated heterocycles. The third kappa shape index (κ3) is 6.97. The molecule has 0 spiro atoms. The van der Waals surface area contributed by atoms with Crippen molar-refractivity contribution in [1.82, 2.24) is 15.0 Å². The molecular weight excluding hydrogens is 752 g/mol. The molecule has 0 atom stereocenters. The Morgan fingerprint density at radius 1 is 0.254 bits per heavy atom. The van der Waals surface area contributed by atoms with Gasteiger partial charge in [0.1, 0.15) is 70.6 Å². The number of rotatable bonds is 6. The lowest BCUT2D eigenvalue weighted by Gasteiger charge is -2.23. The highest BCUT2D eigenvalue weighted by Crippen LogP contribution is 2.36. The second kappa shape index (κ2) is 15.9. The third-order valence-corrected chi connectivity index (χ3v) is 11.8. The molecule has 0 N–H and O–H groups in total. The molecule has 1 aromatic heterocycles. The Kier molecular flexibility index (Phi) is 10.2. The molecule has 10 rings (SSSR count). The van der Waals surface area contributed by atoms with Gasteiger partial charge in [0.25, 0.3) is 0 Å². The van der Waals surface area contributed by atoms with Gasteiger partial charge in [0.15, 0.2) is 17.5 Å². The third-order valence-electron chi connectivity index (χ3n) is 11.8. The monoisotopic (exact) mass is 777 g/mol. The topological polar surface area (TPSA) is 38.7 Å². The number of aromatic nitrogens is 3. The van der Waals surface area contributed by atoms with Crippen LogP contribution in [0.25, 0.3) is 99.9 Å². The smallest absolute Gasteiger partial charge is 0.164 e. The van der Waals surface area contributed by atoms with Crippen molar-refractivity contribution in [2.45, 2.75) is 0 Å². The Morgan fingerprint density at radius 2 is 0.683 bits per heavy atom. The van der Waals surface area contributed by atoms with Gasteiger partial charge in [0, 0.05) is 16.7 Å². The summed E-state index contributed by atoms with van der Waals surface area (Å²) in [7, 11) is 59.2. The fourth-order valence-corrected chi connectivity index (χ4v) is 8.47. The quantitative estimate of drug-likeness (QED) is 0.244. The molecule has 0 saturated carbocycles. The molecule has 18 radical (unpaired) electrons. The average molecular weight is 776 g/mol. The van der Waals surface area contributed by atoms with Crippen molar-refractivity contribution >= 4 is 152 Å². The molecule has 0 unspecified atom stereocenters. The zero-order chi connectivity index (χ0) is 43.7. The van der Waals surface area contributed by atoms with Crippen LogP contribution >= 0.6 is 0 Å². The fraction of sp³-hybridized carbons (Fsp3) is 0. The molecule has 0 aliphatic rings. The standard InChI is InChI=1S/C51H24B9N3/c52-40-37(41(53)45(57)44(56)39(40)51-62-49(26-9-2-1-3-10-26)61-50(63-51)33-19-14-25-8-4-5-11-27(25)22-33)32-18-16-28-20-31(17-15-29(28)21-32)36-24-34(23-30-12-6-7-13-35(30)36)38-42(54)46(58)48(60)47(59)43(38)55/h1-24H. The van der Waals surface area contributed by atoms with Crippen molar-refractivity contribution in [2.24, 2.45) is 0 Å². The van der Waals surface area contributed by atoms with Gasteiger partial charge in [-0.15, -0.1) is 21.9 Å². The SMILES string of the molecule is [B]c1c([B])c([B])c(-c2cc(-c3ccc4cc(-c5c([B])c([B])c([B])c(-c6nc(-c7ccccc7)nc(-c7ccc8ccccc8c7)n6)c5[B])ccc4c3)c3ccccc3c2)c([B])c1[B]. The predicted molar refractivity (Wildman–Crippen MR) is 273 cm³/mol. The van der Waals surface area contributed by atoms with Gasteiger partial charge in [-0.05, 0) is 96.0 Å². The van der Waals surface area contributed by atoms with E-state index in [2.05, 4.69) is 42.5 Å². The maximum Gasteiger partial charge on any atom is 0.164 e. The first-order chi connectivity index (χ1) is 30.5. The Balaban J connectivity index is 1.10. The van der Waals surface area contributed by atoms with Gasteiger partial charge in [-0.1, -0.05) is 143 Å². The van der Waals surface area contributed by atoms with E-state index in [0.717, 1.165) is 65.7 Å². The van der Waals surface area contributed by atoms with Crippen LogP contribution in [0, 0.1) is 0 Å². The molecule has 3 nitrogen and oxygen atoms in total. The van der Waals surface area contributed by atoms with E-state index < -0.39 is 0 Å². The van der Waals surface area contributed by atoms with Gasteiger partial charge in [0.05, 0.1) is 0 Å². The van der Waals surface area contributed by atoms with Crippen LogP contribution in [0.4, 0.5) is 0 Å². The van der Waals surface area contributed by atoms with Crippen LogP contribution in [-0.2, 0) is 0 Å². The molecule has 63 heavy (non-hydrogen) atoms. The maximum atomic E-state index is 7.12. The van der Waals surface area contributed by atoms with Crippen LogP contribution in [0.1, 0.15) is 0 Å². The minimum absolute atomic E-state index is 0.166. The first-order valence-electron chi connectivity index (χ1n) is 20.1. The zero-order valence-electron chi connectivity index (χ0n) is 33.9. The first-order valence-corrected chi connectivity index (χ1v) is 20.1. The lowest BCUT2D eigenvalue weighted by Crippen LogP contribution is -2.55. The molecule has 10 aromatic rings. The van der Waals surface area contributed by atoms with Gasteiger partial charge < -0.3 is 0 Å². The lowest BCUT2D eigenvalue weighted by molar-refractivity contribution is 1.08. The molecule has 0 bridgehead atoms. The summed E-state index contributed by atoms with van der Waals surface area (Å²) in [5.41, 5.74) is 8.44. The van der Waals surface area contributed by atoms with Gasteiger partial charge >= 0.3 is 0 Å². The van der Waals surface area contributed by atoms with Crippen molar-refractivity contribution in [3.8, 4) is 67.5 Å². The molecule has 0 aliphatic carbocycles.